The molecule has 0 radical (unpaired) electrons. The fourth-order valence-electron chi connectivity index (χ4n) is 2.11. The van der Waals surface area contributed by atoms with E-state index < -0.39 is 6.10 Å². The summed E-state index contributed by atoms with van der Waals surface area (Å²) < 4.78 is 1.87. The minimum absolute atomic E-state index is 0.510. The average Bonchev–Trinajstić information content (AvgIpc) is 2.98. The van der Waals surface area contributed by atoms with E-state index >= 15 is 0 Å². The van der Waals surface area contributed by atoms with Crippen LogP contribution >= 0.6 is 22.9 Å². The maximum Gasteiger partial charge on any atom is 0.0937 e. The Kier molecular flexibility index (Phi) is 4.66. The van der Waals surface area contributed by atoms with Crippen LogP contribution in [-0.4, -0.2) is 14.9 Å². The van der Waals surface area contributed by atoms with Crippen LogP contribution in [0.5, 0.6) is 0 Å². The molecule has 2 rings (SSSR count). The second-order valence-electron chi connectivity index (χ2n) is 4.54. The van der Waals surface area contributed by atoms with Crippen molar-refractivity contribution in [1.82, 2.24) is 9.78 Å². The second kappa shape index (κ2) is 6.07. The molecule has 0 bridgehead atoms. The van der Waals surface area contributed by atoms with Crippen molar-refractivity contribution in [3.63, 3.8) is 0 Å². The smallest absolute Gasteiger partial charge is 0.0937 e. The summed E-state index contributed by atoms with van der Waals surface area (Å²) in [6.45, 7) is 6.80. The fourth-order valence-corrected chi connectivity index (χ4v) is 3.26. The summed E-state index contributed by atoms with van der Waals surface area (Å²) in [7, 11) is 0. The Labute approximate surface area is 122 Å². The lowest BCUT2D eigenvalue weighted by Crippen LogP contribution is -2.08. The molecule has 2 heterocycles. The van der Waals surface area contributed by atoms with Crippen molar-refractivity contribution in [2.75, 3.05) is 0 Å². The summed E-state index contributed by atoms with van der Waals surface area (Å²) in [6.07, 6.45) is 1.01. The summed E-state index contributed by atoms with van der Waals surface area (Å²) in [5.74, 6) is 0. The molecule has 0 amide bonds. The van der Waals surface area contributed by atoms with Gasteiger partial charge in [0, 0.05) is 22.7 Å². The zero-order chi connectivity index (χ0) is 14.0. The van der Waals surface area contributed by atoms with Crippen molar-refractivity contribution in [2.24, 2.45) is 0 Å². The highest BCUT2D eigenvalue weighted by Crippen LogP contribution is 2.29. The summed E-state index contributed by atoms with van der Waals surface area (Å²) in [6, 6.07) is 4.08. The summed E-state index contributed by atoms with van der Waals surface area (Å²) >= 11 is 7.93. The summed E-state index contributed by atoms with van der Waals surface area (Å²) in [5.41, 5.74) is 1.74. The minimum Gasteiger partial charge on any atom is -0.387 e. The highest BCUT2D eigenvalue weighted by atomic mass is 35.5. The first kappa shape index (κ1) is 14.6. The molecule has 104 valence electrons. The van der Waals surface area contributed by atoms with Crippen molar-refractivity contribution < 1.29 is 5.11 Å². The third kappa shape index (κ3) is 3.02. The van der Waals surface area contributed by atoms with Crippen LogP contribution < -0.4 is 0 Å². The van der Waals surface area contributed by atoms with Gasteiger partial charge in [0.15, 0.2) is 0 Å². The zero-order valence-electron chi connectivity index (χ0n) is 11.5. The third-order valence-corrected chi connectivity index (χ3v) is 5.02. The van der Waals surface area contributed by atoms with Crippen molar-refractivity contribution >= 4 is 22.9 Å². The molecule has 19 heavy (non-hydrogen) atoms. The first-order valence-corrected chi connectivity index (χ1v) is 7.74. The molecule has 2 aromatic rings. The van der Waals surface area contributed by atoms with Crippen molar-refractivity contribution in [3.05, 3.63) is 38.3 Å². The molecule has 1 N–H and O–H groups in total. The standard InChI is InChI=1S/C14H19ClN2OS/c1-4-10-6-7-13(19-10)12(18)8-11-14(15)9(3)16-17(11)5-2/h6-7,12,18H,4-5,8H2,1-3H3. The predicted molar refractivity (Wildman–Crippen MR) is 80.0 cm³/mol. The van der Waals surface area contributed by atoms with E-state index in [1.54, 1.807) is 11.3 Å². The maximum atomic E-state index is 10.3. The molecule has 0 aliphatic carbocycles. The summed E-state index contributed by atoms with van der Waals surface area (Å²) in [5, 5.41) is 15.4. The number of halogens is 1. The van der Waals surface area contributed by atoms with Gasteiger partial charge in [-0.25, -0.2) is 0 Å². The number of hydrogen-bond donors (Lipinski definition) is 1. The van der Waals surface area contributed by atoms with Crippen molar-refractivity contribution in [3.8, 4) is 0 Å². The van der Waals surface area contributed by atoms with Gasteiger partial charge in [-0.05, 0) is 32.4 Å². The molecule has 2 aromatic heterocycles. The van der Waals surface area contributed by atoms with Gasteiger partial charge in [0.05, 0.1) is 22.5 Å². The second-order valence-corrected chi connectivity index (χ2v) is 6.12. The van der Waals surface area contributed by atoms with Gasteiger partial charge in [-0.1, -0.05) is 18.5 Å². The van der Waals surface area contributed by atoms with E-state index in [-0.39, 0.29) is 0 Å². The Bertz CT molecular complexity index is 562. The van der Waals surface area contributed by atoms with Crippen LogP contribution in [0.4, 0.5) is 0 Å². The van der Waals surface area contributed by atoms with Crippen molar-refractivity contribution in [1.29, 1.82) is 0 Å². The molecule has 0 fully saturated rings. The molecule has 5 heteroatoms. The largest absolute Gasteiger partial charge is 0.387 e. The lowest BCUT2D eigenvalue weighted by atomic mass is 10.1. The predicted octanol–water partition coefficient (Wildman–Crippen LogP) is 3.76. The van der Waals surface area contributed by atoms with Crippen LogP contribution in [0.1, 0.15) is 41.1 Å². The van der Waals surface area contributed by atoms with Gasteiger partial charge in [0.25, 0.3) is 0 Å². The van der Waals surface area contributed by atoms with Crippen LogP contribution in [-0.2, 0) is 19.4 Å². The van der Waals surface area contributed by atoms with Gasteiger partial charge in [-0.3, -0.25) is 4.68 Å². The molecule has 1 atom stereocenters. The number of aryl methyl sites for hydroxylation is 3. The Morgan fingerprint density at radius 2 is 2.16 bits per heavy atom. The molecule has 0 saturated carbocycles. The van der Waals surface area contributed by atoms with E-state index in [9.17, 15) is 5.11 Å². The van der Waals surface area contributed by atoms with E-state index in [4.69, 9.17) is 11.6 Å². The SMILES string of the molecule is CCc1ccc(C(O)Cc2c(Cl)c(C)nn2CC)s1. The number of aliphatic hydroxyl groups is 1. The highest BCUT2D eigenvalue weighted by Gasteiger charge is 2.18. The van der Waals surface area contributed by atoms with E-state index in [0.29, 0.717) is 11.4 Å². The Morgan fingerprint density at radius 1 is 1.42 bits per heavy atom. The first-order chi connectivity index (χ1) is 9.06. The van der Waals surface area contributed by atoms with Gasteiger partial charge in [0.2, 0.25) is 0 Å². The lowest BCUT2D eigenvalue weighted by molar-refractivity contribution is 0.179. The van der Waals surface area contributed by atoms with E-state index in [0.717, 1.165) is 29.2 Å². The van der Waals surface area contributed by atoms with Crippen LogP contribution in [0.15, 0.2) is 12.1 Å². The molecule has 0 spiro atoms. The maximum absolute atomic E-state index is 10.3. The van der Waals surface area contributed by atoms with E-state index in [2.05, 4.69) is 18.1 Å². The zero-order valence-corrected chi connectivity index (χ0v) is 13.1. The van der Waals surface area contributed by atoms with Gasteiger partial charge in [0.1, 0.15) is 0 Å². The first-order valence-electron chi connectivity index (χ1n) is 6.55. The minimum atomic E-state index is -0.510. The third-order valence-electron chi connectivity index (χ3n) is 3.20. The molecule has 0 aromatic carbocycles. The van der Waals surface area contributed by atoms with E-state index in [1.807, 2.05) is 24.6 Å². The van der Waals surface area contributed by atoms with Crippen LogP contribution in [0.25, 0.3) is 0 Å². The molecule has 0 aliphatic rings. The van der Waals surface area contributed by atoms with Gasteiger partial charge < -0.3 is 5.11 Å². The summed E-state index contributed by atoms with van der Waals surface area (Å²) in [4.78, 5) is 2.29. The molecule has 3 nitrogen and oxygen atoms in total. The number of aromatic nitrogens is 2. The van der Waals surface area contributed by atoms with Gasteiger partial charge in [-0.2, -0.15) is 5.10 Å². The number of hydrogen-bond acceptors (Lipinski definition) is 3. The van der Waals surface area contributed by atoms with Crippen LogP contribution in [0.2, 0.25) is 5.02 Å². The lowest BCUT2D eigenvalue weighted by Gasteiger charge is -2.10. The molecular weight excluding hydrogens is 280 g/mol. The van der Waals surface area contributed by atoms with Crippen LogP contribution in [0, 0.1) is 6.92 Å². The van der Waals surface area contributed by atoms with Gasteiger partial charge in [-0.15, -0.1) is 11.3 Å². The monoisotopic (exact) mass is 298 g/mol. The molecule has 0 saturated heterocycles. The Balaban J connectivity index is 2.20. The number of aliphatic hydroxyl groups excluding tert-OH is 1. The number of rotatable bonds is 5. The quantitative estimate of drug-likeness (QED) is 0.912. The molecular formula is C14H19ClN2OS. The Morgan fingerprint density at radius 3 is 2.74 bits per heavy atom. The molecule has 0 aliphatic heterocycles. The fraction of sp³-hybridized carbons (Fsp3) is 0.500. The Hall–Kier alpha value is -0.840. The van der Waals surface area contributed by atoms with E-state index in [1.165, 1.54) is 4.88 Å². The molecule has 1 unspecified atom stereocenters. The topological polar surface area (TPSA) is 38.1 Å². The average molecular weight is 299 g/mol. The number of thiophene rings is 1. The van der Waals surface area contributed by atoms with Gasteiger partial charge >= 0.3 is 0 Å². The van der Waals surface area contributed by atoms with Crippen LogP contribution in [0.3, 0.4) is 0 Å². The number of nitrogens with zero attached hydrogens (tertiary/aromatic N) is 2. The van der Waals surface area contributed by atoms with Crippen molar-refractivity contribution in [2.45, 2.75) is 46.3 Å². The highest BCUT2D eigenvalue weighted by molar-refractivity contribution is 7.12. The normalized spacial score (nSPS) is 12.9.